The van der Waals surface area contributed by atoms with E-state index in [2.05, 4.69) is 22.9 Å². The van der Waals surface area contributed by atoms with Crippen molar-refractivity contribution in [2.24, 2.45) is 5.73 Å². The molecule has 1 atom stereocenters. The fraction of sp³-hybridized carbons (Fsp3) is 0.368. The third-order valence-corrected chi connectivity index (χ3v) is 4.61. The quantitative estimate of drug-likeness (QED) is 0.939. The number of rotatable bonds is 3. The van der Waals surface area contributed by atoms with Crippen molar-refractivity contribution in [2.75, 3.05) is 31.1 Å². The van der Waals surface area contributed by atoms with Crippen LogP contribution >= 0.6 is 0 Å². The average Bonchev–Trinajstić information content (AvgIpc) is 2.62. The zero-order chi connectivity index (χ0) is 17.1. The summed E-state index contributed by atoms with van der Waals surface area (Å²) in [6.45, 7) is 6.83. The predicted octanol–water partition coefficient (Wildman–Crippen LogP) is 2.11. The maximum absolute atomic E-state index is 11.4. The second-order valence-electron chi connectivity index (χ2n) is 6.29. The molecule has 1 aliphatic rings. The molecule has 2 N–H and O–H groups in total. The van der Waals surface area contributed by atoms with Crippen LogP contribution in [-0.4, -0.2) is 42.0 Å². The van der Waals surface area contributed by atoms with Crippen molar-refractivity contribution >= 4 is 11.7 Å². The van der Waals surface area contributed by atoms with E-state index in [4.69, 9.17) is 5.73 Å². The number of aromatic nitrogens is 1. The van der Waals surface area contributed by atoms with Crippen LogP contribution in [0.5, 0.6) is 0 Å². The summed E-state index contributed by atoms with van der Waals surface area (Å²) in [6.07, 6.45) is 1.87. The molecule has 1 aromatic carbocycles. The lowest BCUT2D eigenvalue weighted by Crippen LogP contribution is -2.48. The first-order chi connectivity index (χ1) is 11.6. The Hall–Kier alpha value is -2.40. The van der Waals surface area contributed by atoms with Crippen molar-refractivity contribution in [1.29, 1.82) is 0 Å². The van der Waals surface area contributed by atoms with Gasteiger partial charge in [0.25, 0.3) is 0 Å². The number of piperazine rings is 1. The van der Waals surface area contributed by atoms with Crippen molar-refractivity contribution in [1.82, 2.24) is 9.88 Å². The van der Waals surface area contributed by atoms with Gasteiger partial charge in [-0.05, 0) is 29.7 Å². The Balaban J connectivity index is 1.75. The molecule has 0 bridgehead atoms. The van der Waals surface area contributed by atoms with Gasteiger partial charge in [0.05, 0.1) is 6.04 Å². The molecule has 1 aromatic heterocycles. The van der Waals surface area contributed by atoms with Gasteiger partial charge >= 0.3 is 0 Å². The van der Waals surface area contributed by atoms with E-state index in [-0.39, 0.29) is 11.9 Å². The molecule has 24 heavy (non-hydrogen) atoms. The molecule has 1 aliphatic heterocycles. The summed E-state index contributed by atoms with van der Waals surface area (Å²) in [5, 5.41) is 0. The van der Waals surface area contributed by atoms with Crippen LogP contribution < -0.4 is 10.6 Å². The number of carbonyl (C=O) groups is 1. The Morgan fingerprint density at radius 1 is 1.12 bits per heavy atom. The fourth-order valence-corrected chi connectivity index (χ4v) is 3.18. The summed E-state index contributed by atoms with van der Waals surface area (Å²) in [4.78, 5) is 20.2. The van der Waals surface area contributed by atoms with Gasteiger partial charge < -0.3 is 15.5 Å². The topological polar surface area (TPSA) is 62.5 Å². The van der Waals surface area contributed by atoms with Gasteiger partial charge in [0, 0.05) is 39.3 Å². The molecule has 126 valence electrons. The van der Waals surface area contributed by atoms with Crippen LogP contribution in [-0.2, 0) is 4.79 Å². The number of carbonyl (C=O) groups excluding carboxylic acids is 1. The van der Waals surface area contributed by atoms with Gasteiger partial charge in [-0.25, -0.2) is 4.98 Å². The van der Waals surface area contributed by atoms with Crippen LogP contribution in [0.15, 0.2) is 42.6 Å². The average molecular weight is 324 g/mol. The van der Waals surface area contributed by atoms with Crippen LogP contribution in [0.25, 0.3) is 0 Å². The maximum atomic E-state index is 11.4. The highest BCUT2D eigenvalue weighted by Gasteiger charge is 2.21. The molecule has 5 heteroatoms. The lowest BCUT2D eigenvalue weighted by Gasteiger charge is -2.35. The van der Waals surface area contributed by atoms with Gasteiger partial charge in [0.1, 0.15) is 5.82 Å². The van der Waals surface area contributed by atoms with Gasteiger partial charge in [-0.2, -0.15) is 0 Å². The van der Waals surface area contributed by atoms with Crippen molar-refractivity contribution in [3.05, 3.63) is 59.3 Å². The third-order valence-electron chi connectivity index (χ3n) is 4.61. The van der Waals surface area contributed by atoms with Gasteiger partial charge in [0.15, 0.2) is 0 Å². The molecule has 1 fully saturated rings. The monoisotopic (exact) mass is 324 g/mol. The molecule has 0 saturated carbocycles. The Morgan fingerprint density at radius 3 is 2.38 bits per heavy atom. The van der Waals surface area contributed by atoms with Gasteiger partial charge in [-0.15, -0.1) is 0 Å². The minimum absolute atomic E-state index is 0.142. The first-order valence-electron chi connectivity index (χ1n) is 8.34. The van der Waals surface area contributed by atoms with E-state index in [0.29, 0.717) is 0 Å². The van der Waals surface area contributed by atoms with Crippen LogP contribution in [0.1, 0.15) is 29.7 Å². The maximum Gasteiger partial charge on any atom is 0.219 e. The molecule has 3 rings (SSSR count). The number of benzene rings is 1. The minimum Gasteiger partial charge on any atom is -0.353 e. The zero-order valence-corrected chi connectivity index (χ0v) is 14.3. The van der Waals surface area contributed by atoms with E-state index < -0.39 is 0 Å². The van der Waals surface area contributed by atoms with E-state index in [1.54, 1.807) is 6.92 Å². The van der Waals surface area contributed by atoms with Crippen molar-refractivity contribution in [3.63, 3.8) is 0 Å². The molecular formula is C19H24N4O. The fourth-order valence-electron chi connectivity index (χ4n) is 3.18. The summed E-state index contributed by atoms with van der Waals surface area (Å²) < 4.78 is 0. The zero-order valence-electron chi connectivity index (χ0n) is 14.3. The van der Waals surface area contributed by atoms with E-state index in [1.807, 2.05) is 41.4 Å². The molecule has 0 radical (unpaired) electrons. The van der Waals surface area contributed by atoms with Crippen LogP contribution in [0, 0.1) is 6.92 Å². The smallest absolute Gasteiger partial charge is 0.219 e. The Labute approximate surface area is 143 Å². The van der Waals surface area contributed by atoms with E-state index >= 15 is 0 Å². The number of nitrogens with two attached hydrogens (primary N) is 1. The molecule has 5 nitrogen and oxygen atoms in total. The number of aryl methyl sites for hydroxylation is 1. The standard InChI is InChI=1S/C19H24N4O/c1-14-12-17(18(20)16-6-4-3-5-7-16)13-21-19(14)23-10-8-22(9-11-23)15(2)24/h3-7,12-13,18H,8-11,20H2,1-2H3/t18-/m0/s1. The number of pyridine rings is 1. The Kier molecular flexibility index (Phi) is 4.81. The van der Waals surface area contributed by atoms with Gasteiger partial charge in [-0.3, -0.25) is 4.79 Å². The third kappa shape index (κ3) is 3.41. The molecule has 2 aromatic rings. The summed E-state index contributed by atoms with van der Waals surface area (Å²) >= 11 is 0. The van der Waals surface area contributed by atoms with E-state index in [9.17, 15) is 4.79 Å². The lowest BCUT2D eigenvalue weighted by molar-refractivity contribution is -0.129. The van der Waals surface area contributed by atoms with Crippen molar-refractivity contribution in [2.45, 2.75) is 19.9 Å². The molecule has 0 spiro atoms. The number of nitrogens with zero attached hydrogens (tertiary/aromatic N) is 3. The molecule has 2 heterocycles. The summed E-state index contributed by atoms with van der Waals surface area (Å²) in [5.41, 5.74) is 9.59. The highest BCUT2D eigenvalue weighted by atomic mass is 16.2. The number of amides is 1. The van der Waals surface area contributed by atoms with Crippen LogP contribution in [0.2, 0.25) is 0 Å². The Bertz CT molecular complexity index is 709. The van der Waals surface area contributed by atoms with E-state index in [0.717, 1.165) is 48.7 Å². The molecule has 1 saturated heterocycles. The lowest BCUT2D eigenvalue weighted by atomic mass is 10.00. The SMILES string of the molecule is CC(=O)N1CCN(c2ncc([C@@H](N)c3ccccc3)cc2C)CC1. The summed E-state index contributed by atoms with van der Waals surface area (Å²) in [7, 11) is 0. The van der Waals surface area contributed by atoms with E-state index in [1.165, 1.54) is 0 Å². The van der Waals surface area contributed by atoms with Gasteiger partial charge in [0.2, 0.25) is 5.91 Å². The number of hydrogen-bond acceptors (Lipinski definition) is 4. The second-order valence-corrected chi connectivity index (χ2v) is 6.29. The largest absolute Gasteiger partial charge is 0.353 e. The summed E-state index contributed by atoms with van der Waals surface area (Å²) in [6, 6.07) is 12.0. The first-order valence-corrected chi connectivity index (χ1v) is 8.34. The van der Waals surface area contributed by atoms with Gasteiger partial charge in [-0.1, -0.05) is 30.3 Å². The molecule has 0 unspecified atom stereocenters. The highest BCUT2D eigenvalue weighted by molar-refractivity contribution is 5.73. The number of hydrogen-bond donors (Lipinski definition) is 1. The first kappa shape index (κ1) is 16.5. The predicted molar refractivity (Wildman–Crippen MR) is 95.9 cm³/mol. The molecule has 1 amide bonds. The van der Waals surface area contributed by atoms with Crippen molar-refractivity contribution < 1.29 is 4.79 Å². The summed E-state index contributed by atoms with van der Waals surface area (Å²) in [5.74, 6) is 1.13. The van der Waals surface area contributed by atoms with Crippen LogP contribution in [0.3, 0.4) is 0 Å². The normalized spacial score (nSPS) is 16.1. The minimum atomic E-state index is -0.166. The molecule has 0 aliphatic carbocycles. The highest BCUT2D eigenvalue weighted by Crippen LogP contribution is 2.24. The Morgan fingerprint density at radius 2 is 1.79 bits per heavy atom. The second kappa shape index (κ2) is 7.01. The molecular weight excluding hydrogens is 300 g/mol. The van der Waals surface area contributed by atoms with Crippen LogP contribution in [0.4, 0.5) is 5.82 Å². The number of anilines is 1. The van der Waals surface area contributed by atoms with Crippen molar-refractivity contribution in [3.8, 4) is 0 Å².